The van der Waals surface area contributed by atoms with Crippen molar-refractivity contribution in [2.75, 3.05) is 6.54 Å². The molecule has 0 bridgehead atoms. The van der Waals surface area contributed by atoms with Crippen LogP contribution in [0.1, 0.15) is 41.0 Å². The lowest BCUT2D eigenvalue weighted by Crippen LogP contribution is -2.54. The van der Waals surface area contributed by atoms with Crippen molar-refractivity contribution < 1.29 is 19.6 Å². The number of nitrogens with zero attached hydrogens (tertiary/aromatic N) is 1. The Kier molecular flexibility index (Phi) is 3.84. The zero-order valence-electron chi connectivity index (χ0n) is 11.2. The third kappa shape index (κ3) is 1.80. The van der Waals surface area contributed by atoms with Gasteiger partial charge < -0.3 is 15.0 Å². The van der Waals surface area contributed by atoms with Gasteiger partial charge in [0.1, 0.15) is 5.28 Å². The number of rotatable bonds is 3. The normalized spacial score (nSPS) is 30.5. The minimum Gasteiger partial charge on any atom is -0.323 e. The Morgan fingerprint density at radius 2 is 1.59 bits per heavy atom. The highest BCUT2D eigenvalue weighted by molar-refractivity contribution is 7.53. The summed E-state index contributed by atoms with van der Waals surface area (Å²) in [5, 5.41) is 9.32. The predicted molar refractivity (Wildman–Crippen MR) is 65.7 cm³/mol. The van der Waals surface area contributed by atoms with E-state index in [9.17, 15) is 19.6 Å². The summed E-state index contributed by atoms with van der Waals surface area (Å²) < 4.78 is 11.9. The van der Waals surface area contributed by atoms with Crippen molar-refractivity contribution in [3.05, 3.63) is 0 Å². The van der Waals surface area contributed by atoms with E-state index in [4.69, 9.17) is 0 Å². The van der Waals surface area contributed by atoms with Crippen molar-refractivity contribution in [2.24, 2.45) is 17.3 Å². The van der Waals surface area contributed by atoms with E-state index < -0.39 is 18.3 Å². The van der Waals surface area contributed by atoms with Crippen molar-refractivity contribution in [1.82, 2.24) is 5.06 Å². The lowest BCUT2D eigenvalue weighted by Gasteiger charge is -2.50. The van der Waals surface area contributed by atoms with Crippen LogP contribution in [0.3, 0.4) is 0 Å². The van der Waals surface area contributed by atoms with Crippen molar-refractivity contribution >= 4 is 7.60 Å². The molecule has 1 atom stereocenters. The fourth-order valence-corrected chi connectivity index (χ4v) is 5.32. The first-order chi connectivity index (χ1) is 7.51. The molecular weight excluding hydrogens is 241 g/mol. The smallest absolute Gasteiger partial charge is 0.323 e. The van der Waals surface area contributed by atoms with E-state index in [2.05, 4.69) is 0 Å². The SMILES string of the molecule is CC(C)C1(C(C)C)CCN(O)C1(C)P(=O)(O)O. The topological polar surface area (TPSA) is 81.0 Å². The van der Waals surface area contributed by atoms with Crippen LogP contribution in [-0.4, -0.2) is 31.9 Å². The van der Waals surface area contributed by atoms with Gasteiger partial charge in [-0.1, -0.05) is 27.7 Å². The molecular formula is C11H24NO4P. The van der Waals surface area contributed by atoms with Crippen LogP contribution in [0.2, 0.25) is 0 Å². The molecule has 1 heterocycles. The maximum absolute atomic E-state index is 11.9. The van der Waals surface area contributed by atoms with Crippen LogP contribution >= 0.6 is 7.60 Å². The quantitative estimate of drug-likeness (QED) is 0.682. The van der Waals surface area contributed by atoms with Crippen LogP contribution < -0.4 is 0 Å². The molecule has 0 spiro atoms. The van der Waals surface area contributed by atoms with Gasteiger partial charge in [0, 0.05) is 12.0 Å². The second-order valence-electron chi connectivity index (χ2n) is 5.79. The first kappa shape index (κ1) is 15.1. The van der Waals surface area contributed by atoms with Crippen LogP contribution in [-0.2, 0) is 4.57 Å². The van der Waals surface area contributed by atoms with Gasteiger partial charge in [0.25, 0.3) is 0 Å². The van der Waals surface area contributed by atoms with E-state index in [0.29, 0.717) is 13.0 Å². The highest BCUT2D eigenvalue weighted by Gasteiger charge is 2.67. The van der Waals surface area contributed by atoms with E-state index in [-0.39, 0.29) is 11.8 Å². The van der Waals surface area contributed by atoms with E-state index in [1.54, 1.807) is 0 Å². The molecule has 5 nitrogen and oxygen atoms in total. The highest BCUT2D eigenvalue weighted by atomic mass is 31.2. The molecule has 0 aromatic carbocycles. The molecule has 1 fully saturated rings. The molecule has 1 aliphatic rings. The molecule has 0 saturated carbocycles. The van der Waals surface area contributed by atoms with Crippen molar-refractivity contribution in [3.63, 3.8) is 0 Å². The molecule has 1 unspecified atom stereocenters. The van der Waals surface area contributed by atoms with Gasteiger partial charge in [-0.3, -0.25) is 4.57 Å². The van der Waals surface area contributed by atoms with Crippen molar-refractivity contribution in [1.29, 1.82) is 0 Å². The fourth-order valence-electron chi connectivity index (χ4n) is 3.74. The van der Waals surface area contributed by atoms with Gasteiger partial charge in [-0.25, -0.2) is 0 Å². The lowest BCUT2D eigenvalue weighted by molar-refractivity contribution is -0.152. The molecule has 1 saturated heterocycles. The average Bonchev–Trinajstić information content (AvgIpc) is 2.41. The number of hydrogen-bond acceptors (Lipinski definition) is 3. The zero-order valence-corrected chi connectivity index (χ0v) is 12.1. The predicted octanol–water partition coefficient (Wildman–Crippen LogP) is 2.27. The van der Waals surface area contributed by atoms with Crippen LogP contribution in [0, 0.1) is 17.3 Å². The summed E-state index contributed by atoms with van der Waals surface area (Å²) in [6.07, 6.45) is 0.598. The third-order valence-corrected chi connectivity index (χ3v) is 6.53. The number of hydrogen-bond donors (Lipinski definition) is 3. The van der Waals surface area contributed by atoms with Gasteiger partial charge in [-0.15, -0.1) is 0 Å². The molecule has 0 aliphatic carbocycles. The molecule has 0 aromatic heterocycles. The Morgan fingerprint density at radius 1 is 1.18 bits per heavy atom. The third-order valence-electron chi connectivity index (χ3n) is 4.75. The van der Waals surface area contributed by atoms with E-state index >= 15 is 0 Å². The van der Waals surface area contributed by atoms with Crippen molar-refractivity contribution in [2.45, 2.75) is 46.3 Å². The van der Waals surface area contributed by atoms with Gasteiger partial charge >= 0.3 is 7.60 Å². The molecule has 1 aliphatic heterocycles. The van der Waals surface area contributed by atoms with E-state index in [1.165, 1.54) is 6.92 Å². The summed E-state index contributed by atoms with van der Waals surface area (Å²) in [6, 6.07) is 0. The van der Waals surface area contributed by atoms with Gasteiger partial charge in [0.2, 0.25) is 0 Å². The summed E-state index contributed by atoms with van der Waals surface area (Å²) in [5.41, 5.74) is -0.583. The fraction of sp³-hybridized carbons (Fsp3) is 1.00. The lowest BCUT2D eigenvalue weighted by atomic mass is 9.64. The van der Waals surface area contributed by atoms with Crippen LogP contribution in [0.5, 0.6) is 0 Å². The maximum atomic E-state index is 11.9. The molecule has 0 radical (unpaired) electrons. The highest BCUT2D eigenvalue weighted by Crippen LogP contribution is 2.68. The van der Waals surface area contributed by atoms with Gasteiger partial charge in [-0.05, 0) is 25.2 Å². The van der Waals surface area contributed by atoms with Crippen LogP contribution in [0.4, 0.5) is 0 Å². The Morgan fingerprint density at radius 3 is 1.82 bits per heavy atom. The van der Waals surface area contributed by atoms with Gasteiger partial charge in [0.15, 0.2) is 0 Å². The molecule has 1 rings (SSSR count). The second-order valence-corrected chi connectivity index (χ2v) is 7.75. The summed E-state index contributed by atoms with van der Waals surface area (Å²) >= 11 is 0. The Balaban J connectivity index is 3.46. The molecule has 6 heteroatoms. The molecule has 3 N–H and O–H groups in total. The Hall–Kier alpha value is 0.0700. The minimum absolute atomic E-state index is 0.0808. The molecule has 17 heavy (non-hydrogen) atoms. The van der Waals surface area contributed by atoms with Crippen molar-refractivity contribution in [3.8, 4) is 0 Å². The van der Waals surface area contributed by atoms with E-state index in [0.717, 1.165) is 5.06 Å². The molecule has 0 amide bonds. The Bertz CT molecular complexity index is 330. The Labute approximate surface area is 103 Å². The van der Waals surface area contributed by atoms with Crippen LogP contribution in [0.25, 0.3) is 0 Å². The standard InChI is InChI=1S/C11H24NO4P/c1-8(2)11(9(3)4)6-7-12(13)10(11,5)17(14,15)16/h8-9,13H,6-7H2,1-5H3,(H2,14,15,16). The monoisotopic (exact) mass is 265 g/mol. The average molecular weight is 265 g/mol. The summed E-state index contributed by atoms with van der Waals surface area (Å²) in [6.45, 7) is 9.65. The second kappa shape index (κ2) is 4.32. The molecule has 102 valence electrons. The van der Waals surface area contributed by atoms with Crippen LogP contribution in [0.15, 0.2) is 0 Å². The summed E-state index contributed by atoms with van der Waals surface area (Å²) in [4.78, 5) is 19.4. The largest absolute Gasteiger partial charge is 0.348 e. The number of hydroxylamine groups is 2. The maximum Gasteiger partial charge on any atom is 0.348 e. The minimum atomic E-state index is -4.43. The van der Waals surface area contributed by atoms with Gasteiger partial charge in [0.05, 0.1) is 0 Å². The zero-order chi connectivity index (χ0) is 13.6. The summed E-state index contributed by atoms with van der Waals surface area (Å²) in [5.74, 6) is 0.162. The molecule has 0 aromatic rings. The van der Waals surface area contributed by atoms with E-state index in [1.807, 2.05) is 27.7 Å². The first-order valence-corrected chi connectivity index (χ1v) is 7.65. The first-order valence-electron chi connectivity index (χ1n) is 6.04. The van der Waals surface area contributed by atoms with Gasteiger partial charge in [-0.2, -0.15) is 5.06 Å². The summed E-state index contributed by atoms with van der Waals surface area (Å²) in [7, 11) is -4.43.